The minimum absolute atomic E-state index is 0. The van der Waals surface area contributed by atoms with Gasteiger partial charge in [-0.3, -0.25) is 14.9 Å². The first kappa shape index (κ1) is 28.6. The number of carbonyl (C=O) groups excluding carboxylic acids is 1. The molecule has 9 nitrogen and oxygen atoms in total. The van der Waals surface area contributed by atoms with E-state index in [0.717, 1.165) is 0 Å². The highest BCUT2D eigenvalue weighted by Crippen LogP contribution is 2.39. The summed E-state index contributed by atoms with van der Waals surface area (Å²) in [7, 11) is 0. The number of rotatable bonds is 4. The number of carboxylic acids is 2. The molecular formula is C11H21F3N2O7S2. The largest absolute Gasteiger partial charge is 0.481 e. The smallest absolute Gasteiger partial charge is 0.427 e. The van der Waals surface area contributed by atoms with Crippen LogP contribution in [-0.4, -0.2) is 63.3 Å². The highest BCUT2D eigenvalue weighted by Gasteiger charge is 2.66. The lowest BCUT2D eigenvalue weighted by atomic mass is 10.0. The number of nitrogens with one attached hydrogen (secondary N) is 1. The Bertz CT molecular complexity index is 491. The standard InChI is InChI=1S/C7H11F3N2O2.C4H6O5.2H2S/c1-5(2)12-3-6(14-5,4(11)13)7(8,9)10;5-2(4(8)9)1-3(6)7;;/h12H,3H2,1-2H3,(H2,11,13);2,5H,1H2,(H,6,7)(H,8,9);2*1H2/t6-;2-;;/m00../s1. The van der Waals surface area contributed by atoms with E-state index in [1.165, 1.54) is 13.8 Å². The maximum absolute atomic E-state index is 12.5. The van der Waals surface area contributed by atoms with Crippen molar-refractivity contribution in [3.63, 3.8) is 0 Å². The van der Waals surface area contributed by atoms with E-state index in [1.54, 1.807) is 0 Å². The van der Waals surface area contributed by atoms with E-state index in [9.17, 15) is 27.6 Å². The fraction of sp³-hybridized carbons (Fsp3) is 0.727. The molecule has 0 saturated carbocycles. The summed E-state index contributed by atoms with van der Waals surface area (Å²) in [6.45, 7) is 2.13. The lowest BCUT2D eigenvalue weighted by Gasteiger charge is -2.29. The summed E-state index contributed by atoms with van der Waals surface area (Å²) in [4.78, 5) is 30.2. The van der Waals surface area contributed by atoms with Crippen LogP contribution in [0.4, 0.5) is 13.2 Å². The third kappa shape index (κ3) is 8.13. The van der Waals surface area contributed by atoms with Gasteiger partial charge in [0, 0.05) is 6.54 Å². The first-order valence-corrected chi connectivity index (χ1v) is 6.09. The number of alkyl halides is 3. The number of hydrogen-bond acceptors (Lipinski definition) is 6. The Morgan fingerprint density at radius 3 is 1.80 bits per heavy atom. The molecule has 150 valence electrons. The number of aliphatic hydroxyl groups is 1. The highest BCUT2D eigenvalue weighted by atomic mass is 32.1. The molecule has 6 N–H and O–H groups in total. The van der Waals surface area contributed by atoms with E-state index < -0.39 is 54.4 Å². The quantitative estimate of drug-likeness (QED) is 0.402. The van der Waals surface area contributed by atoms with Gasteiger partial charge in [0.1, 0.15) is 5.72 Å². The lowest BCUT2D eigenvalue weighted by molar-refractivity contribution is -0.266. The predicted molar refractivity (Wildman–Crippen MR) is 87.8 cm³/mol. The van der Waals surface area contributed by atoms with Crippen LogP contribution in [0.2, 0.25) is 0 Å². The molecule has 0 radical (unpaired) electrons. The van der Waals surface area contributed by atoms with Gasteiger partial charge in [-0.15, -0.1) is 0 Å². The maximum Gasteiger partial charge on any atom is 0.427 e. The zero-order chi connectivity index (χ0) is 18.6. The zero-order valence-corrected chi connectivity index (χ0v) is 15.2. The molecule has 1 fully saturated rings. The van der Waals surface area contributed by atoms with Crippen LogP contribution in [0.1, 0.15) is 20.3 Å². The van der Waals surface area contributed by atoms with Crippen LogP contribution in [0.15, 0.2) is 0 Å². The van der Waals surface area contributed by atoms with Gasteiger partial charge in [0.05, 0.1) is 6.42 Å². The van der Waals surface area contributed by atoms with E-state index in [-0.39, 0.29) is 27.0 Å². The molecule has 14 heteroatoms. The molecule has 0 aromatic heterocycles. The van der Waals surface area contributed by atoms with Crippen molar-refractivity contribution in [1.82, 2.24) is 5.32 Å². The average Bonchev–Trinajstić information content (AvgIpc) is 2.66. The number of carbonyl (C=O) groups is 3. The molecule has 1 heterocycles. The van der Waals surface area contributed by atoms with E-state index in [4.69, 9.17) is 21.1 Å². The molecule has 2 atom stereocenters. The van der Waals surface area contributed by atoms with Crippen molar-refractivity contribution in [2.24, 2.45) is 5.73 Å². The third-order valence-corrected chi connectivity index (χ3v) is 2.70. The van der Waals surface area contributed by atoms with E-state index in [2.05, 4.69) is 10.1 Å². The Labute approximate surface area is 154 Å². The molecule has 1 aliphatic rings. The first-order chi connectivity index (χ1) is 10.1. The van der Waals surface area contributed by atoms with Crippen molar-refractivity contribution in [1.29, 1.82) is 0 Å². The van der Waals surface area contributed by atoms with Gasteiger partial charge in [0.2, 0.25) is 0 Å². The summed E-state index contributed by atoms with van der Waals surface area (Å²) < 4.78 is 42.3. The molecule has 0 aliphatic carbocycles. The molecule has 1 saturated heterocycles. The number of carboxylic acid groups (broad SMARTS) is 2. The summed E-state index contributed by atoms with van der Waals surface area (Å²) >= 11 is 0. The minimum Gasteiger partial charge on any atom is -0.481 e. The zero-order valence-electron chi connectivity index (χ0n) is 13.2. The number of primary amides is 1. The average molecular weight is 414 g/mol. The monoisotopic (exact) mass is 414 g/mol. The number of amides is 1. The van der Waals surface area contributed by atoms with Gasteiger partial charge in [0.15, 0.2) is 6.10 Å². The molecule has 0 bridgehead atoms. The molecule has 0 aromatic rings. The summed E-state index contributed by atoms with van der Waals surface area (Å²) in [5, 5.41) is 26.6. The number of aliphatic hydroxyl groups excluding tert-OH is 1. The number of nitrogens with two attached hydrogens (primary N) is 1. The normalized spacial score (nSPS) is 22.3. The van der Waals surface area contributed by atoms with Gasteiger partial charge in [-0.1, -0.05) is 0 Å². The first-order valence-electron chi connectivity index (χ1n) is 6.09. The number of aliphatic carboxylic acids is 2. The highest BCUT2D eigenvalue weighted by molar-refractivity contribution is 7.59. The fourth-order valence-corrected chi connectivity index (χ4v) is 1.53. The summed E-state index contributed by atoms with van der Waals surface area (Å²) in [6.07, 6.45) is -7.35. The third-order valence-electron chi connectivity index (χ3n) is 2.70. The maximum atomic E-state index is 12.5. The Morgan fingerprint density at radius 1 is 1.24 bits per heavy atom. The molecular weight excluding hydrogens is 393 g/mol. The van der Waals surface area contributed by atoms with Crippen LogP contribution in [0, 0.1) is 0 Å². The van der Waals surface area contributed by atoms with Crippen LogP contribution in [0.3, 0.4) is 0 Å². The molecule has 1 aliphatic heterocycles. The van der Waals surface area contributed by atoms with Crippen molar-refractivity contribution in [2.45, 2.75) is 43.9 Å². The molecule has 25 heavy (non-hydrogen) atoms. The number of halogens is 3. The Hall–Kier alpha value is -1.22. The van der Waals surface area contributed by atoms with E-state index in [0.29, 0.717) is 0 Å². The van der Waals surface area contributed by atoms with Gasteiger partial charge in [-0.2, -0.15) is 40.2 Å². The summed E-state index contributed by atoms with van der Waals surface area (Å²) in [6, 6.07) is 0. The van der Waals surface area contributed by atoms with Gasteiger partial charge < -0.3 is 25.8 Å². The molecule has 0 spiro atoms. The topological polar surface area (TPSA) is 159 Å². The molecule has 1 rings (SSSR count). The van der Waals surface area contributed by atoms with Gasteiger partial charge in [0.25, 0.3) is 11.5 Å². The summed E-state index contributed by atoms with van der Waals surface area (Å²) in [5.41, 5.74) is 0.606. The van der Waals surface area contributed by atoms with Crippen LogP contribution >= 0.6 is 27.0 Å². The van der Waals surface area contributed by atoms with Crippen LogP contribution in [-0.2, 0) is 19.1 Å². The number of ether oxygens (including phenoxy) is 1. The molecule has 0 aromatic carbocycles. The van der Waals surface area contributed by atoms with Gasteiger partial charge >= 0.3 is 18.1 Å². The van der Waals surface area contributed by atoms with E-state index >= 15 is 0 Å². The van der Waals surface area contributed by atoms with Gasteiger partial charge in [-0.05, 0) is 13.8 Å². The fourth-order valence-electron chi connectivity index (χ4n) is 1.53. The second-order valence-electron chi connectivity index (χ2n) is 5.11. The Balaban J connectivity index is -0.000000390. The van der Waals surface area contributed by atoms with Crippen molar-refractivity contribution in [3.8, 4) is 0 Å². The van der Waals surface area contributed by atoms with Crippen LogP contribution in [0.25, 0.3) is 0 Å². The van der Waals surface area contributed by atoms with Crippen molar-refractivity contribution in [2.75, 3.05) is 6.54 Å². The van der Waals surface area contributed by atoms with Gasteiger partial charge in [-0.25, -0.2) is 4.79 Å². The molecule has 1 amide bonds. The molecule has 0 unspecified atom stereocenters. The predicted octanol–water partition coefficient (Wildman–Crippen LogP) is -0.739. The lowest BCUT2D eigenvalue weighted by Crippen LogP contribution is -2.58. The van der Waals surface area contributed by atoms with Crippen molar-refractivity contribution < 1.29 is 47.6 Å². The van der Waals surface area contributed by atoms with Crippen LogP contribution < -0.4 is 11.1 Å². The second kappa shape index (κ2) is 10.1. The Morgan fingerprint density at radius 2 is 1.68 bits per heavy atom. The Kier molecular flexibility index (Phi) is 11.5. The number of hydrogen-bond donors (Lipinski definition) is 5. The van der Waals surface area contributed by atoms with Crippen LogP contribution in [0.5, 0.6) is 0 Å². The van der Waals surface area contributed by atoms with Crippen molar-refractivity contribution in [3.05, 3.63) is 0 Å². The summed E-state index contributed by atoms with van der Waals surface area (Å²) in [5.74, 6) is -4.37. The second-order valence-corrected chi connectivity index (χ2v) is 5.11. The van der Waals surface area contributed by atoms with E-state index in [1.807, 2.05) is 0 Å². The SMILES string of the molecule is CC1(C)NC[C@](C(N)=O)(C(F)(F)F)O1.O=C(O)C[C@H](O)C(=O)O.S.S. The minimum atomic E-state index is -4.81. The van der Waals surface area contributed by atoms with Crippen molar-refractivity contribution >= 4 is 44.8 Å².